The predicted molar refractivity (Wildman–Crippen MR) is 112 cm³/mol. The van der Waals surface area contributed by atoms with Crippen molar-refractivity contribution in [3.05, 3.63) is 24.0 Å². The van der Waals surface area contributed by atoms with Crippen molar-refractivity contribution in [2.45, 2.75) is 38.9 Å². The highest BCUT2D eigenvalue weighted by atomic mass is 19.3. The summed E-state index contributed by atoms with van der Waals surface area (Å²) in [5.41, 5.74) is 0.0990. The molecule has 8 nitrogen and oxygen atoms in total. The SMILES string of the molecule is CC(C)(C)OC(=O)C1[C@H]2CN(c3ccc(N4C[C@H](CNC(=O)C(F)F)OC4=O)cc3F)C[C@@H]12. The van der Waals surface area contributed by atoms with E-state index in [2.05, 4.69) is 0 Å². The Balaban J connectivity index is 1.34. The smallest absolute Gasteiger partial charge is 0.414 e. The van der Waals surface area contributed by atoms with E-state index in [4.69, 9.17) is 9.47 Å². The van der Waals surface area contributed by atoms with Crippen molar-refractivity contribution < 1.29 is 37.0 Å². The number of anilines is 2. The second kappa shape index (κ2) is 8.42. The van der Waals surface area contributed by atoms with E-state index in [-0.39, 0.29) is 42.5 Å². The van der Waals surface area contributed by atoms with E-state index in [9.17, 15) is 27.6 Å². The molecule has 11 heteroatoms. The minimum atomic E-state index is -3.16. The third-order valence-corrected chi connectivity index (χ3v) is 6.03. The summed E-state index contributed by atoms with van der Waals surface area (Å²) >= 11 is 0. The summed E-state index contributed by atoms with van der Waals surface area (Å²) < 4.78 is 50.0. The quantitative estimate of drug-likeness (QED) is 0.645. The first-order chi connectivity index (χ1) is 15.4. The number of halogens is 3. The third kappa shape index (κ3) is 4.86. The molecule has 2 heterocycles. The van der Waals surface area contributed by atoms with Gasteiger partial charge < -0.3 is 19.7 Å². The zero-order valence-electron chi connectivity index (χ0n) is 18.5. The second-order valence-corrected chi connectivity index (χ2v) is 9.59. The number of benzene rings is 1. The molecule has 1 aromatic rings. The van der Waals surface area contributed by atoms with Gasteiger partial charge in [0.1, 0.15) is 17.5 Å². The highest BCUT2D eigenvalue weighted by molar-refractivity contribution is 5.90. The Kier molecular flexibility index (Phi) is 5.92. The number of nitrogens with zero attached hydrogens (tertiary/aromatic N) is 2. The lowest BCUT2D eigenvalue weighted by Crippen LogP contribution is -2.37. The number of hydrogen-bond acceptors (Lipinski definition) is 6. The van der Waals surface area contributed by atoms with Gasteiger partial charge in [0.2, 0.25) is 0 Å². The third-order valence-electron chi connectivity index (χ3n) is 6.03. The lowest BCUT2D eigenvalue weighted by atomic mass is 10.1. The van der Waals surface area contributed by atoms with Crippen molar-refractivity contribution in [2.75, 3.05) is 36.0 Å². The van der Waals surface area contributed by atoms with Crippen LogP contribution in [0.15, 0.2) is 18.2 Å². The number of fused-ring (bicyclic) bond motifs is 1. The number of carbonyl (C=O) groups excluding carboxylic acids is 3. The number of cyclic esters (lactones) is 1. The Hall–Kier alpha value is -2.98. The highest BCUT2D eigenvalue weighted by Crippen LogP contribution is 2.53. The molecular weight excluding hydrogens is 443 g/mol. The average Bonchev–Trinajstić information content (AvgIpc) is 3.03. The fraction of sp³-hybridized carbons (Fsp3) is 0.591. The van der Waals surface area contributed by atoms with E-state index in [1.165, 1.54) is 11.0 Å². The normalized spacial score (nSPS) is 26.3. The van der Waals surface area contributed by atoms with Gasteiger partial charge in [0.05, 0.1) is 30.4 Å². The van der Waals surface area contributed by atoms with Crippen LogP contribution in [0.25, 0.3) is 0 Å². The number of esters is 1. The Morgan fingerprint density at radius 1 is 1.21 bits per heavy atom. The van der Waals surface area contributed by atoms with Gasteiger partial charge in [-0.05, 0) is 50.8 Å². The minimum absolute atomic E-state index is 0.00737. The molecule has 2 amide bonds. The van der Waals surface area contributed by atoms with Gasteiger partial charge in [-0.2, -0.15) is 8.78 Å². The molecule has 3 aliphatic rings. The largest absolute Gasteiger partial charge is 0.460 e. The van der Waals surface area contributed by atoms with Crippen LogP contribution >= 0.6 is 0 Å². The summed E-state index contributed by atoms with van der Waals surface area (Å²) in [6, 6.07) is 4.36. The molecule has 1 saturated carbocycles. The van der Waals surface area contributed by atoms with Gasteiger partial charge in [-0.3, -0.25) is 14.5 Å². The average molecular weight is 469 g/mol. The second-order valence-electron chi connectivity index (χ2n) is 9.59. The maximum Gasteiger partial charge on any atom is 0.414 e. The fourth-order valence-electron chi connectivity index (χ4n) is 4.49. The maximum absolute atomic E-state index is 14.9. The standard InChI is InChI=1S/C22H26F3N3O5/c1-22(2,3)33-20(30)17-13-9-27(10-14(13)17)16-5-4-11(6-15(16)23)28-8-12(32-21(28)31)7-26-19(29)18(24)25/h4-6,12-14,17-18H,7-10H2,1-3H3,(H,26,29)/t12-,13-,14+,17?/m0/s1. The maximum atomic E-state index is 14.9. The van der Waals surface area contributed by atoms with Crippen molar-refractivity contribution >= 4 is 29.3 Å². The first kappa shape index (κ1) is 23.2. The van der Waals surface area contributed by atoms with E-state index < -0.39 is 35.9 Å². The minimum Gasteiger partial charge on any atom is -0.460 e. The molecule has 180 valence electrons. The number of carbonyl (C=O) groups is 3. The van der Waals surface area contributed by atoms with E-state index in [0.717, 1.165) is 0 Å². The summed E-state index contributed by atoms with van der Waals surface area (Å²) in [5.74, 6) is -2.06. The lowest BCUT2D eigenvalue weighted by molar-refractivity contribution is -0.157. The van der Waals surface area contributed by atoms with Gasteiger partial charge in [0, 0.05) is 13.1 Å². The Morgan fingerprint density at radius 2 is 1.88 bits per heavy atom. The van der Waals surface area contributed by atoms with Crippen molar-refractivity contribution in [2.24, 2.45) is 17.8 Å². The van der Waals surface area contributed by atoms with Gasteiger partial charge in [0.25, 0.3) is 5.91 Å². The number of hydrogen-bond donors (Lipinski definition) is 1. The van der Waals surface area contributed by atoms with Gasteiger partial charge in [-0.1, -0.05) is 0 Å². The summed E-state index contributed by atoms with van der Waals surface area (Å²) in [6.45, 7) is 6.29. The van der Waals surface area contributed by atoms with Crippen molar-refractivity contribution in [3.63, 3.8) is 0 Å². The molecule has 4 rings (SSSR count). The van der Waals surface area contributed by atoms with Crippen LogP contribution in [0.4, 0.5) is 29.3 Å². The van der Waals surface area contributed by atoms with Crippen LogP contribution in [-0.4, -0.2) is 62.3 Å². The van der Waals surface area contributed by atoms with E-state index in [1.54, 1.807) is 12.1 Å². The number of alkyl halides is 2. The highest BCUT2D eigenvalue weighted by Gasteiger charge is 2.61. The molecule has 4 atom stereocenters. The van der Waals surface area contributed by atoms with Crippen LogP contribution < -0.4 is 15.1 Å². The van der Waals surface area contributed by atoms with Crippen LogP contribution in [0.2, 0.25) is 0 Å². The molecule has 0 bridgehead atoms. The van der Waals surface area contributed by atoms with Crippen LogP contribution in [0, 0.1) is 23.6 Å². The molecular formula is C22H26F3N3O5. The summed E-state index contributed by atoms with van der Waals surface area (Å²) in [5, 5.41) is 2.00. The van der Waals surface area contributed by atoms with E-state index in [1.807, 2.05) is 31.0 Å². The number of ether oxygens (including phenoxy) is 2. The van der Waals surface area contributed by atoms with Crippen molar-refractivity contribution in [3.8, 4) is 0 Å². The monoisotopic (exact) mass is 469 g/mol. The zero-order chi connectivity index (χ0) is 24.1. The van der Waals surface area contributed by atoms with Crippen LogP contribution in [0.5, 0.6) is 0 Å². The van der Waals surface area contributed by atoms with Gasteiger partial charge >= 0.3 is 18.5 Å². The molecule has 2 saturated heterocycles. The predicted octanol–water partition coefficient (Wildman–Crippen LogP) is 2.56. The van der Waals surface area contributed by atoms with E-state index in [0.29, 0.717) is 18.8 Å². The topological polar surface area (TPSA) is 88.2 Å². The summed E-state index contributed by atoms with van der Waals surface area (Å²) in [7, 11) is 0. The molecule has 3 fully saturated rings. The molecule has 33 heavy (non-hydrogen) atoms. The molecule has 1 aliphatic carbocycles. The van der Waals surface area contributed by atoms with Gasteiger partial charge in [0.15, 0.2) is 0 Å². The van der Waals surface area contributed by atoms with Crippen LogP contribution in [0.1, 0.15) is 20.8 Å². The summed E-state index contributed by atoms with van der Waals surface area (Å²) in [4.78, 5) is 38.5. The Labute approximate surface area is 189 Å². The summed E-state index contributed by atoms with van der Waals surface area (Å²) in [6.07, 6.45) is -4.73. The van der Waals surface area contributed by atoms with Crippen molar-refractivity contribution in [1.29, 1.82) is 0 Å². The van der Waals surface area contributed by atoms with Crippen molar-refractivity contribution in [1.82, 2.24) is 5.32 Å². The first-order valence-electron chi connectivity index (χ1n) is 10.8. The number of piperidine rings is 1. The molecule has 0 aromatic heterocycles. The Morgan fingerprint density at radius 3 is 2.45 bits per heavy atom. The van der Waals surface area contributed by atoms with Gasteiger partial charge in [-0.15, -0.1) is 0 Å². The fourth-order valence-corrected chi connectivity index (χ4v) is 4.49. The molecule has 0 radical (unpaired) electrons. The number of amides is 2. The molecule has 1 unspecified atom stereocenters. The zero-order valence-corrected chi connectivity index (χ0v) is 18.5. The lowest BCUT2D eigenvalue weighted by Gasteiger charge is -2.25. The molecule has 1 aromatic carbocycles. The molecule has 0 spiro atoms. The van der Waals surface area contributed by atoms with Crippen LogP contribution in [0.3, 0.4) is 0 Å². The first-order valence-corrected chi connectivity index (χ1v) is 10.8. The molecule has 2 aliphatic heterocycles. The number of nitrogens with one attached hydrogen (secondary N) is 1. The molecule has 1 N–H and O–H groups in total. The van der Waals surface area contributed by atoms with E-state index >= 15 is 0 Å². The van der Waals surface area contributed by atoms with Gasteiger partial charge in [-0.25, -0.2) is 9.18 Å². The number of rotatable bonds is 6. The Bertz CT molecular complexity index is 955. The van der Waals surface area contributed by atoms with Crippen LogP contribution in [-0.2, 0) is 19.1 Å².